The largest absolute Gasteiger partial charge is 0.377 e. The maximum Gasteiger partial charge on any atom is 0.286 e. The van der Waals surface area contributed by atoms with Gasteiger partial charge in [0.2, 0.25) is 5.91 Å². The summed E-state index contributed by atoms with van der Waals surface area (Å²) in [4.78, 5) is 32.1. The number of likely N-dealkylation sites (N-methyl/N-ethyl adjacent to an activating group) is 2. The molecule has 4 rings (SSSR count). The van der Waals surface area contributed by atoms with Gasteiger partial charge >= 0.3 is 0 Å². The van der Waals surface area contributed by atoms with E-state index in [1.165, 1.54) is 0 Å². The lowest BCUT2D eigenvalue weighted by atomic mass is 9.84. The fraction of sp³-hybridized carbons (Fsp3) is 0.842. The average Bonchev–Trinajstić information content (AvgIpc) is 3.24. The van der Waals surface area contributed by atoms with Crippen LogP contribution >= 0.6 is 11.8 Å². The van der Waals surface area contributed by atoms with E-state index in [-0.39, 0.29) is 28.7 Å². The van der Waals surface area contributed by atoms with Crippen LogP contribution in [0.3, 0.4) is 0 Å². The molecule has 0 radical (unpaired) electrons. The molecule has 0 spiro atoms. The fourth-order valence-corrected chi connectivity index (χ4v) is 5.78. The molecule has 10 heteroatoms. The maximum absolute atomic E-state index is 11.7. The third kappa shape index (κ3) is 4.93. The number of rotatable bonds is 7. The lowest BCUT2D eigenvalue weighted by molar-refractivity contribution is -0.119. The van der Waals surface area contributed by atoms with E-state index in [0.717, 1.165) is 63.7 Å². The molecule has 2 saturated heterocycles. The molecule has 1 aliphatic carbocycles. The molecule has 0 aromatic rings. The van der Waals surface area contributed by atoms with Crippen LogP contribution < -0.4 is 16.0 Å². The SMILES string of the molecule is CN1C=NC2NCNC(N(C)CCOC3CCC(CC4SC(=O)NC4=O)CC3)C21. The van der Waals surface area contributed by atoms with Crippen molar-refractivity contribution in [2.75, 3.05) is 33.9 Å². The van der Waals surface area contributed by atoms with Gasteiger partial charge in [0.15, 0.2) is 0 Å². The van der Waals surface area contributed by atoms with Crippen LogP contribution in [0.25, 0.3) is 0 Å². The zero-order valence-electron chi connectivity index (χ0n) is 17.2. The van der Waals surface area contributed by atoms with Gasteiger partial charge in [-0.25, -0.2) is 0 Å². The number of thioether (sulfide) groups is 1. The Balaban J connectivity index is 1.15. The smallest absolute Gasteiger partial charge is 0.286 e. The van der Waals surface area contributed by atoms with Gasteiger partial charge < -0.3 is 9.64 Å². The Hall–Kier alpha value is -1.20. The first-order valence-electron chi connectivity index (χ1n) is 10.6. The summed E-state index contributed by atoms with van der Waals surface area (Å²) in [6, 6.07) is 0.293. The van der Waals surface area contributed by atoms with Crippen LogP contribution in [0, 0.1) is 5.92 Å². The zero-order valence-corrected chi connectivity index (χ0v) is 18.0. The first kappa shape index (κ1) is 21.0. The molecule has 0 aromatic heterocycles. The Morgan fingerprint density at radius 1 is 1.28 bits per heavy atom. The predicted octanol–water partition coefficient (Wildman–Crippen LogP) is 0.380. The number of hydrogen-bond acceptors (Lipinski definition) is 9. The summed E-state index contributed by atoms with van der Waals surface area (Å²) in [6.45, 7) is 2.35. The van der Waals surface area contributed by atoms with Crippen molar-refractivity contribution in [3.05, 3.63) is 0 Å². The molecular formula is C19H32N6O3S. The summed E-state index contributed by atoms with van der Waals surface area (Å²) in [5.74, 6) is 0.397. The molecule has 2 amide bonds. The Bertz CT molecular complexity index is 641. The highest BCUT2D eigenvalue weighted by Gasteiger charge is 2.40. The van der Waals surface area contributed by atoms with Crippen molar-refractivity contribution in [1.82, 2.24) is 25.8 Å². The molecule has 4 unspecified atom stereocenters. The fourth-order valence-electron chi connectivity index (χ4n) is 4.83. The van der Waals surface area contributed by atoms with Crippen LogP contribution in [-0.4, -0.2) is 90.9 Å². The second kappa shape index (κ2) is 9.30. The Kier molecular flexibility index (Phi) is 6.75. The molecule has 9 nitrogen and oxygen atoms in total. The van der Waals surface area contributed by atoms with E-state index >= 15 is 0 Å². The van der Waals surface area contributed by atoms with Crippen molar-refractivity contribution < 1.29 is 14.3 Å². The summed E-state index contributed by atoms with van der Waals surface area (Å²) in [6.07, 6.45) is 7.62. The molecular weight excluding hydrogens is 392 g/mol. The van der Waals surface area contributed by atoms with Gasteiger partial charge in [-0.2, -0.15) is 0 Å². The van der Waals surface area contributed by atoms with Crippen molar-refractivity contribution in [1.29, 1.82) is 0 Å². The van der Waals surface area contributed by atoms with Gasteiger partial charge in [-0.05, 0) is 45.1 Å². The van der Waals surface area contributed by atoms with Crippen LogP contribution in [0.4, 0.5) is 4.79 Å². The summed E-state index contributed by atoms with van der Waals surface area (Å²) in [5, 5.41) is 8.90. The predicted molar refractivity (Wildman–Crippen MR) is 113 cm³/mol. The van der Waals surface area contributed by atoms with Gasteiger partial charge in [-0.15, -0.1) is 0 Å². The zero-order chi connectivity index (χ0) is 20.4. The number of imide groups is 1. The minimum Gasteiger partial charge on any atom is -0.377 e. The average molecular weight is 425 g/mol. The maximum atomic E-state index is 11.7. The van der Waals surface area contributed by atoms with Gasteiger partial charge in [0.05, 0.1) is 36.5 Å². The van der Waals surface area contributed by atoms with E-state index in [9.17, 15) is 9.59 Å². The van der Waals surface area contributed by atoms with Crippen molar-refractivity contribution in [3.63, 3.8) is 0 Å². The van der Waals surface area contributed by atoms with Crippen LogP contribution in [0.15, 0.2) is 4.99 Å². The van der Waals surface area contributed by atoms with Crippen LogP contribution in [0.5, 0.6) is 0 Å². The second-order valence-electron chi connectivity index (χ2n) is 8.51. The van der Waals surface area contributed by atoms with Crippen molar-refractivity contribution in [3.8, 4) is 0 Å². The van der Waals surface area contributed by atoms with Crippen LogP contribution in [-0.2, 0) is 9.53 Å². The van der Waals surface area contributed by atoms with Gasteiger partial charge in [0, 0.05) is 20.3 Å². The molecule has 0 bridgehead atoms. The van der Waals surface area contributed by atoms with Gasteiger partial charge in [-0.3, -0.25) is 35.4 Å². The van der Waals surface area contributed by atoms with Crippen molar-refractivity contribution in [2.24, 2.45) is 10.9 Å². The number of hydrogen-bond donors (Lipinski definition) is 3. The Labute approximate surface area is 176 Å². The highest BCUT2D eigenvalue weighted by atomic mass is 32.2. The second-order valence-corrected chi connectivity index (χ2v) is 9.68. The number of ether oxygens (including phenoxy) is 1. The molecule has 162 valence electrons. The van der Waals surface area contributed by atoms with Gasteiger partial charge in [0.1, 0.15) is 6.17 Å². The minimum absolute atomic E-state index is 0.117. The molecule has 3 fully saturated rings. The quantitative estimate of drug-likeness (QED) is 0.540. The number of carbonyl (C=O) groups is 2. The normalized spacial score (nSPS) is 37.3. The number of amides is 2. The highest BCUT2D eigenvalue weighted by Crippen LogP contribution is 2.34. The minimum atomic E-state index is -0.203. The molecule has 29 heavy (non-hydrogen) atoms. The van der Waals surface area contributed by atoms with E-state index in [0.29, 0.717) is 18.1 Å². The molecule has 1 saturated carbocycles. The third-order valence-corrected chi connectivity index (χ3v) is 7.54. The number of carbonyl (C=O) groups excluding carboxylic acids is 2. The molecule has 3 aliphatic heterocycles. The Morgan fingerprint density at radius 2 is 2.07 bits per heavy atom. The summed E-state index contributed by atoms with van der Waals surface area (Å²) in [7, 11) is 4.21. The summed E-state index contributed by atoms with van der Waals surface area (Å²) in [5.41, 5.74) is 0. The molecule has 0 aromatic carbocycles. The molecule has 3 heterocycles. The highest BCUT2D eigenvalue weighted by molar-refractivity contribution is 8.15. The standard InChI is InChI=1S/C19H32N6O3S/c1-24(17-15-16(20-10-21-17)22-11-25(15)2)7-8-28-13-5-3-12(4-6-13)9-14-18(26)23-19(27)29-14/h11-17,20-21H,3-10H2,1-2H3,(H,23,26,27). The van der Waals surface area contributed by atoms with E-state index in [1.807, 2.05) is 6.34 Å². The summed E-state index contributed by atoms with van der Waals surface area (Å²) < 4.78 is 6.17. The van der Waals surface area contributed by atoms with E-state index < -0.39 is 0 Å². The van der Waals surface area contributed by atoms with Crippen LogP contribution in [0.2, 0.25) is 0 Å². The lowest BCUT2D eigenvalue weighted by Gasteiger charge is -2.42. The molecule has 4 aliphatic rings. The van der Waals surface area contributed by atoms with Crippen molar-refractivity contribution >= 4 is 29.2 Å². The summed E-state index contributed by atoms with van der Waals surface area (Å²) >= 11 is 1.15. The number of nitrogens with one attached hydrogen (secondary N) is 3. The third-order valence-electron chi connectivity index (χ3n) is 6.53. The monoisotopic (exact) mass is 424 g/mol. The Morgan fingerprint density at radius 3 is 2.79 bits per heavy atom. The molecule has 3 N–H and O–H groups in total. The lowest BCUT2D eigenvalue weighted by Crippen LogP contribution is -2.67. The topological polar surface area (TPSA) is 98.3 Å². The molecule has 4 atom stereocenters. The number of fused-ring (bicyclic) bond motifs is 1. The van der Waals surface area contributed by atoms with Gasteiger partial charge in [0.25, 0.3) is 5.24 Å². The van der Waals surface area contributed by atoms with Crippen LogP contribution in [0.1, 0.15) is 32.1 Å². The van der Waals surface area contributed by atoms with Crippen molar-refractivity contribution in [2.45, 2.75) is 61.8 Å². The first-order valence-corrected chi connectivity index (χ1v) is 11.4. The van der Waals surface area contributed by atoms with E-state index in [4.69, 9.17) is 4.74 Å². The van der Waals surface area contributed by atoms with E-state index in [2.05, 4.69) is 44.8 Å². The van der Waals surface area contributed by atoms with Gasteiger partial charge in [-0.1, -0.05) is 11.8 Å². The first-order chi connectivity index (χ1) is 14.0. The number of nitrogens with zero attached hydrogens (tertiary/aromatic N) is 3. The van der Waals surface area contributed by atoms with E-state index in [1.54, 1.807) is 0 Å². The number of aliphatic imine (C=N–C) groups is 1.